The summed E-state index contributed by atoms with van der Waals surface area (Å²) in [5.41, 5.74) is -1.60. The van der Waals surface area contributed by atoms with Gasteiger partial charge in [-0.25, -0.2) is 18.5 Å². The molecule has 0 saturated heterocycles. The number of alkyl halides is 3. The van der Waals surface area contributed by atoms with Gasteiger partial charge in [-0.2, -0.15) is 13.2 Å². The van der Waals surface area contributed by atoms with E-state index < -0.39 is 27.3 Å². The van der Waals surface area contributed by atoms with Gasteiger partial charge in [-0.05, 0) is 24.3 Å². The zero-order valence-corrected chi connectivity index (χ0v) is 13.7. The van der Waals surface area contributed by atoms with Crippen LogP contribution in [0.1, 0.15) is 5.69 Å². The van der Waals surface area contributed by atoms with E-state index in [1.165, 1.54) is 24.5 Å². The predicted molar refractivity (Wildman–Crippen MR) is 86.0 cm³/mol. The fourth-order valence-electron chi connectivity index (χ4n) is 2.29. The summed E-state index contributed by atoms with van der Waals surface area (Å²) in [6.07, 6.45) is -1.42. The van der Waals surface area contributed by atoms with E-state index in [2.05, 4.69) is 9.97 Å². The molecule has 1 aromatic carbocycles. The zero-order chi connectivity index (χ0) is 19.1. The summed E-state index contributed by atoms with van der Waals surface area (Å²) >= 11 is 0. The first-order valence-electron chi connectivity index (χ1n) is 7.04. The number of aromatic amines is 1. The number of imidazole rings is 1. The van der Waals surface area contributed by atoms with Crippen molar-refractivity contribution in [2.45, 2.75) is 11.1 Å². The number of nitrogens with one attached hydrogen (secondary N) is 1. The van der Waals surface area contributed by atoms with Crippen molar-refractivity contribution in [3.05, 3.63) is 64.8 Å². The highest BCUT2D eigenvalue weighted by Gasteiger charge is 2.35. The van der Waals surface area contributed by atoms with Gasteiger partial charge in [-0.1, -0.05) is 0 Å². The molecular formula is C15H11F3N4O3S. The topological polar surface area (TPSA) is 111 Å². The monoisotopic (exact) mass is 384 g/mol. The summed E-state index contributed by atoms with van der Waals surface area (Å²) in [5.74, 6) is -0.234. The Morgan fingerprint density at radius 1 is 1.12 bits per heavy atom. The lowest BCUT2D eigenvalue weighted by Gasteiger charge is -2.08. The standard InChI is InChI=1S/C15H11F3N4O3S/c16-15(17,18)13-8-22(9-1-3-10(4-2-9)26(19,24)25)14(21-13)11-7-20-6-5-12(11)23/h1-8H,(H,20,23)(H2,19,24,25). The molecule has 0 fully saturated rings. The highest BCUT2D eigenvalue weighted by Crippen LogP contribution is 2.31. The highest BCUT2D eigenvalue weighted by atomic mass is 32.2. The van der Waals surface area contributed by atoms with Crippen molar-refractivity contribution in [1.29, 1.82) is 0 Å². The number of benzene rings is 1. The molecule has 0 spiro atoms. The van der Waals surface area contributed by atoms with Crippen LogP contribution in [0.25, 0.3) is 17.1 Å². The number of pyridine rings is 1. The Balaban J connectivity index is 2.22. The van der Waals surface area contributed by atoms with Crippen LogP contribution in [0, 0.1) is 0 Å². The minimum absolute atomic E-state index is 0.0708. The largest absolute Gasteiger partial charge is 0.434 e. The summed E-state index contributed by atoms with van der Waals surface area (Å²) in [5, 5.41) is 5.01. The van der Waals surface area contributed by atoms with Crippen molar-refractivity contribution in [1.82, 2.24) is 14.5 Å². The van der Waals surface area contributed by atoms with Crippen LogP contribution < -0.4 is 10.6 Å². The number of aromatic nitrogens is 3. The van der Waals surface area contributed by atoms with Crippen LogP contribution in [-0.2, 0) is 16.2 Å². The Kier molecular flexibility index (Phi) is 4.20. The third-order valence-electron chi connectivity index (χ3n) is 3.50. The summed E-state index contributed by atoms with van der Waals surface area (Å²) in [7, 11) is -3.95. The zero-order valence-electron chi connectivity index (χ0n) is 12.9. The maximum atomic E-state index is 13.1. The lowest BCUT2D eigenvalue weighted by atomic mass is 10.2. The van der Waals surface area contributed by atoms with E-state index in [-0.39, 0.29) is 22.0 Å². The predicted octanol–water partition coefficient (Wildman–Crippen LogP) is 1.89. The molecule has 0 aliphatic carbocycles. The third kappa shape index (κ3) is 3.39. The number of halogens is 3. The number of rotatable bonds is 3. The van der Waals surface area contributed by atoms with Gasteiger partial charge in [0.25, 0.3) is 0 Å². The maximum Gasteiger partial charge on any atom is 0.434 e. The number of hydrogen-bond donors (Lipinski definition) is 2. The maximum absolute atomic E-state index is 13.1. The van der Waals surface area contributed by atoms with E-state index in [1.54, 1.807) is 0 Å². The van der Waals surface area contributed by atoms with E-state index in [4.69, 9.17) is 5.14 Å². The molecule has 0 aliphatic heterocycles. The molecule has 7 nitrogen and oxygen atoms in total. The van der Waals surface area contributed by atoms with Gasteiger partial charge < -0.3 is 4.98 Å². The second kappa shape index (κ2) is 6.11. The van der Waals surface area contributed by atoms with Gasteiger partial charge in [-0.15, -0.1) is 0 Å². The average Bonchev–Trinajstić information content (AvgIpc) is 3.00. The molecule has 0 saturated carbocycles. The molecular weight excluding hydrogens is 373 g/mol. The average molecular weight is 384 g/mol. The number of hydrogen-bond acceptors (Lipinski definition) is 4. The highest BCUT2D eigenvalue weighted by molar-refractivity contribution is 7.89. The molecule has 0 amide bonds. The Hall–Kier alpha value is -2.92. The first kappa shape index (κ1) is 17.9. The lowest BCUT2D eigenvalue weighted by molar-refractivity contribution is -0.140. The van der Waals surface area contributed by atoms with E-state index >= 15 is 0 Å². The molecule has 0 bridgehead atoms. The number of primary sulfonamides is 1. The van der Waals surface area contributed by atoms with Crippen molar-refractivity contribution in [2.24, 2.45) is 5.14 Å². The van der Waals surface area contributed by atoms with Crippen LogP contribution in [0.2, 0.25) is 0 Å². The fraction of sp³-hybridized carbons (Fsp3) is 0.0667. The van der Waals surface area contributed by atoms with Gasteiger partial charge in [-0.3, -0.25) is 9.36 Å². The van der Waals surface area contributed by atoms with Gasteiger partial charge in [0.2, 0.25) is 10.0 Å². The Morgan fingerprint density at radius 3 is 2.31 bits per heavy atom. The first-order chi connectivity index (χ1) is 12.1. The van der Waals surface area contributed by atoms with Crippen molar-refractivity contribution >= 4 is 10.0 Å². The van der Waals surface area contributed by atoms with Crippen LogP contribution in [-0.4, -0.2) is 23.0 Å². The Morgan fingerprint density at radius 2 is 1.77 bits per heavy atom. The normalized spacial score (nSPS) is 12.3. The summed E-state index contributed by atoms with van der Waals surface area (Å²) in [4.78, 5) is 18.0. The van der Waals surface area contributed by atoms with Crippen molar-refractivity contribution < 1.29 is 21.6 Å². The van der Waals surface area contributed by atoms with E-state index in [9.17, 15) is 26.4 Å². The van der Waals surface area contributed by atoms with Gasteiger partial charge in [0.15, 0.2) is 16.9 Å². The molecule has 26 heavy (non-hydrogen) atoms. The van der Waals surface area contributed by atoms with Crippen LogP contribution in [0.5, 0.6) is 0 Å². The Labute approximate surface area is 145 Å². The molecule has 2 heterocycles. The minimum atomic E-state index is -4.72. The van der Waals surface area contributed by atoms with Crippen LogP contribution in [0.15, 0.2) is 58.6 Å². The molecule has 2 aromatic heterocycles. The minimum Gasteiger partial charge on any atom is -0.367 e. The van der Waals surface area contributed by atoms with E-state index in [0.717, 1.165) is 29.0 Å². The van der Waals surface area contributed by atoms with Crippen molar-refractivity contribution in [2.75, 3.05) is 0 Å². The quantitative estimate of drug-likeness (QED) is 0.718. The van der Waals surface area contributed by atoms with Crippen LogP contribution >= 0.6 is 0 Å². The molecule has 3 aromatic rings. The van der Waals surface area contributed by atoms with Gasteiger partial charge in [0.1, 0.15) is 0 Å². The first-order valence-corrected chi connectivity index (χ1v) is 8.59. The van der Waals surface area contributed by atoms with Crippen LogP contribution in [0.4, 0.5) is 13.2 Å². The van der Waals surface area contributed by atoms with Gasteiger partial charge in [0.05, 0.1) is 10.5 Å². The molecule has 0 unspecified atom stereocenters. The molecule has 0 aliphatic rings. The van der Waals surface area contributed by atoms with Crippen LogP contribution in [0.3, 0.4) is 0 Å². The molecule has 0 atom stereocenters. The molecule has 136 valence electrons. The summed E-state index contributed by atoms with van der Waals surface area (Å²) in [6, 6.07) is 5.99. The lowest BCUT2D eigenvalue weighted by Crippen LogP contribution is -2.12. The number of nitrogens with two attached hydrogens (primary N) is 1. The third-order valence-corrected chi connectivity index (χ3v) is 4.43. The summed E-state index contributed by atoms with van der Waals surface area (Å²) in [6.45, 7) is 0. The molecule has 3 rings (SSSR count). The number of sulfonamides is 1. The van der Waals surface area contributed by atoms with Crippen molar-refractivity contribution in [3.63, 3.8) is 0 Å². The Bertz CT molecular complexity index is 1120. The molecule has 0 radical (unpaired) electrons. The van der Waals surface area contributed by atoms with Crippen molar-refractivity contribution in [3.8, 4) is 17.1 Å². The second-order valence-electron chi connectivity index (χ2n) is 5.28. The molecule has 3 N–H and O–H groups in total. The number of H-pyrrole nitrogens is 1. The summed E-state index contributed by atoms with van der Waals surface area (Å²) < 4.78 is 62.9. The number of nitrogens with zero attached hydrogens (tertiary/aromatic N) is 2. The SMILES string of the molecule is NS(=O)(=O)c1ccc(-n2cc(C(F)(F)F)nc2-c2c[nH]ccc2=O)cc1. The smallest absolute Gasteiger partial charge is 0.367 e. The second-order valence-corrected chi connectivity index (χ2v) is 6.84. The van der Waals surface area contributed by atoms with Gasteiger partial charge >= 0.3 is 6.18 Å². The van der Waals surface area contributed by atoms with E-state index in [1.807, 2.05) is 0 Å². The van der Waals surface area contributed by atoms with Gasteiger partial charge in [0, 0.05) is 30.3 Å². The van der Waals surface area contributed by atoms with E-state index in [0.29, 0.717) is 0 Å². The fourth-order valence-corrected chi connectivity index (χ4v) is 2.81. The molecule has 11 heteroatoms.